The second-order valence-electron chi connectivity index (χ2n) is 4.42. The Balaban J connectivity index is 1.81. The number of nitrogens with zero attached hydrogens (tertiary/aromatic N) is 1. The highest BCUT2D eigenvalue weighted by molar-refractivity contribution is 7.80. The molecule has 1 aromatic heterocycles. The van der Waals surface area contributed by atoms with Gasteiger partial charge in [0.15, 0.2) is 5.11 Å². The Morgan fingerprint density at radius 2 is 2.10 bits per heavy atom. The minimum Gasteiger partial charge on any atom is -0.491 e. The Kier molecular flexibility index (Phi) is 5.31. The summed E-state index contributed by atoms with van der Waals surface area (Å²) in [6, 6.07) is 7.72. The monoisotopic (exact) mass is 307 g/mol. The molecule has 0 aliphatic heterocycles. The second kappa shape index (κ2) is 7.21. The molecule has 20 heavy (non-hydrogen) atoms. The largest absolute Gasteiger partial charge is 0.491 e. The van der Waals surface area contributed by atoms with Gasteiger partial charge < -0.3 is 15.4 Å². The lowest BCUT2D eigenvalue weighted by Gasteiger charge is -2.12. The fourth-order valence-electron chi connectivity index (χ4n) is 1.56. The molecule has 0 saturated heterocycles. The predicted molar refractivity (Wildman–Crippen MR) is 87.4 cm³/mol. The average Bonchev–Trinajstić information content (AvgIpc) is 2.91. The van der Waals surface area contributed by atoms with Crippen LogP contribution in [0.5, 0.6) is 5.75 Å². The third-order valence-electron chi connectivity index (χ3n) is 2.37. The van der Waals surface area contributed by atoms with E-state index in [1.807, 2.05) is 43.5 Å². The van der Waals surface area contributed by atoms with Crippen LogP contribution in [-0.4, -0.2) is 16.2 Å². The summed E-state index contributed by atoms with van der Waals surface area (Å²) in [6.45, 7) is 4.64. The van der Waals surface area contributed by atoms with Crippen molar-refractivity contribution in [3.05, 3.63) is 40.8 Å². The highest BCUT2D eigenvalue weighted by Gasteiger charge is 2.01. The van der Waals surface area contributed by atoms with Crippen LogP contribution in [0, 0.1) is 0 Å². The summed E-state index contributed by atoms with van der Waals surface area (Å²) < 4.78 is 5.59. The molecule has 1 aromatic carbocycles. The first kappa shape index (κ1) is 14.7. The van der Waals surface area contributed by atoms with Crippen LogP contribution in [0.1, 0.15) is 18.9 Å². The number of aromatic nitrogens is 1. The van der Waals surface area contributed by atoms with Gasteiger partial charge in [-0.25, -0.2) is 4.98 Å². The third-order valence-corrected chi connectivity index (χ3v) is 3.39. The molecule has 2 N–H and O–H groups in total. The van der Waals surface area contributed by atoms with Gasteiger partial charge in [-0.05, 0) is 50.3 Å². The van der Waals surface area contributed by atoms with Gasteiger partial charge in [0.05, 0.1) is 12.6 Å². The van der Waals surface area contributed by atoms with E-state index in [9.17, 15) is 0 Å². The maximum atomic E-state index is 5.59. The molecule has 106 valence electrons. The van der Waals surface area contributed by atoms with Gasteiger partial charge in [-0.3, -0.25) is 0 Å². The minimum absolute atomic E-state index is 0.176. The summed E-state index contributed by atoms with van der Waals surface area (Å²) in [7, 11) is 0. The standard InChI is InChI=1S/C14H17N3OS2/c1-10(2)18-12-5-3-11(4-6-12)17-14(19)16-9-13-15-7-8-20-13/h3-8,10H,9H2,1-2H3,(H2,16,17,19). The van der Waals surface area contributed by atoms with Crippen molar-refractivity contribution >= 4 is 34.4 Å². The zero-order chi connectivity index (χ0) is 14.4. The molecule has 6 heteroatoms. The molecule has 0 radical (unpaired) electrons. The molecule has 4 nitrogen and oxygen atoms in total. The average molecular weight is 307 g/mol. The predicted octanol–water partition coefficient (Wildman–Crippen LogP) is 3.42. The van der Waals surface area contributed by atoms with Gasteiger partial charge in [-0.2, -0.15) is 0 Å². The summed E-state index contributed by atoms with van der Waals surface area (Å²) >= 11 is 6.84. The molecule has 0 amide bonds. The quantitative estimate of drug-likeness (QED) is 0.829. The van der Waals surface area contributed by atoms with Crippen molar-refractivity contribution in [3.63, 3.8) is 0 Å². The van der Waals surface area contributed by atoms with Crippen LogP contribution in [-0.2, 0) is 6.54 Å². The van der Waals surface area contributed by atoms with E-state index in [4.69, 9.17) is 17.0 Å². The van der Waals surface area contributed by atoms with Crippen LogP contribution in [0.15, 0.2) is 35.8 Å². The maximum Gasteiger partial charge on any atom is 0.171 e. The number of benzene rings is 1. The number of anilines is 1. The summed E-state index contributed by atoms with van der Waals surface area (Å²) in [4.78, 5) is 4.19. The molecule has 0 fully saturated rings. The van der Waals surface area contributed by atoms with Gasteiger partial charge in [0.25, 0.3) is 0 Å². The van der Waals surface area contributed by atoms with Crippen molar-refractivity contribution < 1.29 is 4.74 Å². The van der Waals surface area contributed by atoms with Gasteiger partial charge in [0.2, 0.25) is 0 Å². The number of rotatable bonds is 5. The smallest absolute Gasteiger partial charge is 0.171 e. The first-order valence-electron chi connectivity index (χ1n) is 6.33. The highest BCUT2D eigenvalue weighted by atomic mass is 32.1. The summed E-state index contributed by atoms with van der Waals surface area (Å²) in [5.41, 5.74) is 0.928. The van der Waals surface area contributed by atoms with E-state index in [2.05, 4.69) is 15.6 Å². The highest BCUT2D eigenvalue weighted by Crippen LogP contribution is 2.16. The summed E-state index contributed by atoms with van der Waals surface area (Å²) in [6.07, 6.45) is 1.96. The molecule has 0 bridgehead atoms. The Morgan fingerprint density at radius 3 is 2.70 bits per heavy atom. The summed E-state index contributed by atoms with van der Waals surface area (Å²) in [5.74, 6) is 0.854. The molecule has 0 unspecified atom stereocenters. The molecule has 1 heterocycles. The van der Waals surface area contributed by atoms with Crippen molar-refractivity contribution in [1.29, 1.82) is 0 Å². The fraction of sp³-hybridized carbons (Fsp3) is 0.286. The van der Waals surface area contributed by atoms with E-state index in [0.717, 1.165) is 16.4 Å². The van der Waals surface area contributed by atoms with Crippen LogP contribution in [0.3, 0.4) is 0 Å². The van der Waals surface area contributed by atoms with E-state index < -0.39 is 0 Å². The number of nitrogens with one attached hydrogen (secondary N) is 2. The molecule has 2 rings (SSSR count). The Morgan fingerprint density at radius 1 is 1.35 bits per heavy atom. The van der Waals surface area contributed by atoms with Crippen molar-refractivity contribution in [2.24, 2.45) is 0 Å². The molecular formula is C14H17N3OS2. The van der Waals surface area contributed by atoms with Crippen molar-refractivity contribution in [1.82, 2.24) is 10.3 Å². The van der Waals surface area contributed by atoms with Crippen LogP contribution in [0.4, 0.5) is 5.69 Å². The summed E-state index contributed by atoms with van der Waals surface area (Å²) in [5, 5.41) is 9.78. The van der Waals surface area contributed by atoms with E-state index in [-0.39, 0.29) is 6.10 Å². The van der Waals surface area contributed by atoms with E-state index in [1.54, 1.807) is 17.5 Å². The third kappa shape index (κ3) is 4.79. The molecule has 0 spiro atoms. The maximum absolute atomic E-state index is 5.59. The van der Waals surface area contributed by atoms with Crippen molar-refractivity contribution in [2.75, 3.05) is 5.32 Å². The van der Waals surface area contributed by atoms with Gasteiger partial charge in [0, 0.05) is 17.3 Å². The lowest BCUT2D eigenvalue weighted by Crippen LogP contribution is -2.27. The molecule has 0 atom stereocenters. The molecule has 0 aliphatic rings. The lowest BCUT2D eigenvalue weighted by molar-refractivity contribution is 0.242. The fourth-order valence-corrected chi connectivity index (χ4v) is 2.31. The topological polar surface area (TPSA) is 46.2 Å². The second-order valence-corrected chi connectivity index (χ2v) is 5.81. The van der Waals surface area contributed by atoms with Crippen LogP contribution >= 0.6 is 23.6 Å². The number of hydrogen-bond acceptors (Lipinski definition) is 4. The molecule has 2 aromatic rings. The first-order valence-corrected chi connectivity index (χ1v) is 7.62. The van der Waals surface area contributed by atoms with E-state index in [1.165, 1.54) is 0 Å². The number of thiocarbonyl (C=S) groups is 1. The lowest BCUT2D eigenvalue weighted by atomic mass is 10.3. The van der Waals surface area contributed by atoms with Gasteiger partial charge in [-0.1, -0.05) is 0 Å². The number of thiazole rings is 1. The number of hydrogen-bond donors (Lipinski definition) is 2. The molecule has 0 aliphatic carbocycles. The Labute approximate surface area is 128 Å². The van der Waals surface area contributed by atoms with Crippen LogP contribution in [0.25, 0.3) is 0 Å². The zero-order valence-corrected chi connectivity index (χ0v) is 13.1. The minimum atomic E-state index is 0.176. The SMILES string of the molecule is CC(C)Oc1ccc(NC(=S)NCc2nccs2)cc1. The van der Waals surface area contributed by atoms with E-state index in [0.29, 0.717) is 11.7 Å². The van der Waals surface area contributed by atoms with Gasteiger partial charge >= 0.3 is 0 Å². The van der Waals surface area contributed by atoms with Crippen molar-refractivity contribution in [2.45, 2.75) is 26.5 Å². The Bertz CT molecular complexity index is 538. The molecule has 0 saturated carbocycles. The van der Waals surface area contributed by atoms with Crippen LogP contribution in [0.2, 0.25) is 0 Å². The zero-order valence-electron chi connectivity index (χ0n) is 11.4. The van der Waals surface area contributed by atoms with Crippen molar-refractivity contribution in [3.8, 4) is 5.75 Å². The van der Waals surface area contributed by atoms with E-state index >= 15 is 0 Å². The first-order chi connectivity index (χ1) is 9.63. The number of ether oxygens (including phenoxy) is 1. The molecular weight excluding hydrogens is 290 g/mol. The van der Waals surface area contributed by atoms with Gasteiger partial charge in [-0.15, -0.1) is 11.3 Å². The van der Waals surface area contributed by atoms with Crippen LogP contribution < -0.4 is 15.4 Å². The Hall–Kier alpha value is -1.66. The normalized spacial score (nSPS) is 10.3. The van der Waals surface area contributed by atoms with Gasteiger partial charge in [0.1, 0.15) is 10.8 Å².